The van der Waals surface area contributed by atoms with Crippen molar-refractivity contribution in [3.8, 4) is 0 Å². The van der Waals surface area contributed by atoms with Gasteiger partial charge >= 0.3 is 0 Å². The largest absolute Gasteiger partial charge is 0.353 e. The van der Waals surface area contributed by atoms with Crippen LogP contribution in [0.25, 0.3) is 0 Å². The summed E-state index contributed by atoms with van der Waals surface area (Å²) in [5.41, 5.74) is 7.47. The third-order valence-electron chi connectivity index (χ3n) is 6.09. The molecule has 4 rings (SSSR count). The van der Waals surface area contributed by atoms with Crippen molar-refractivity contribution in [3.05, 3.63) is 34.3 Å². The molecule has 0 saturated heterocycles. The minimum absolute atomic E-state index is 0.167. The Morgan fingerprint density at radius 1 is 1.17 bits per heavy atom. The summed E-state index contributed by atoms with van der Waals surface area (Å²) < 4.78 is 1.09. The second kappa shape index (κ2) is 6.21. The average Bonchev–Trinajstić information content (AvgIpc) is 3.29. The number of nitrogens with two attached hydrogens (primary N) is 1. The normalized spacial score (nSPS) is 38.9. The van der Waals surface area contributed by atoms with Gasteiger partial charge in [0.15, 0.2) is 0 Å². The van der Waals surface area contributed by atoms with Crippen molar-refractivity contribution < 1.29 is 4.79 Å². The zero-order chi connectivity index (χ0) is 16.0. The molecular weight excluding hydrogens is 352 g/mol. The van der Waals surface area contributed by atoms with Crippen molar-refractivity contribution in [1.29, 1.82) is 0 Å². The Morgan fingerprint density at radius 2 is 1.91 bits per heavy atom. The van der Waals surface area contributed by atoms with Crippen LogP contribution >= 0.6 is 15.9 Å². The number of nitrogens with one attached hydrogen (secondary N) is 1. The molecule has 4 unspecified atom stereocenters. The number of hydrogen-bond acceptors (Lipinski definition) is 2. The van der Waals surface area contributed by atoms with E-state index in [0.717, 1.165) is 23.7 Å². The Labute approximate surface area is 146 Å². The molecule has 3 saturated carbocycles. The lowest BCUT2D eigenvalue weighted by atomic mass is 9.67. The van der Waals surface area contributed by atoms with Gasteiger partial charge in [-0.25, -0.2) is 0 Å². The molecule has 0 aromatic heterocycles. The lowest BCUT2D eigenvalue weighted by Crippen LogP contribution is -2.54. The van der Waals surface area contributed by atoms with E-state index in [1.54, 1.807) is 0 Å². The fourth-order valence-corrected chi connectivity index (χ4v) is 5.30. The fourth-order valence-electron chi connectivity index (χ4n) is 4.89. The zero-order valence-electron chi connectivity index (χ0n) is 13.4. The van der Waals surface area contributed by atoms with Crippen molar-refractivity contribution in [1.82, 2.24) is 5.32 Å². The second-order valence-corrected chi connectivity index (χ2v) is 8.64. The van der Waals surface area contributed by atoms with Gasteiger partial charge in [0.25, 0.3) is 0 Å². The number of carbonyl (C=O) groups is 1. The first-order chi connectivity index (χ1) is 11.1. The predicted molar refractivity (Wildman–Crippen MR) is 95.0 cm³/mol. The highest BCUT2D eigenvalue weighted by Gasteiger charge is 2.47. The Balaban J connectivity index is 1.39. The van der Waals surface area contributed by atoms with Gasteiger partial charge in [-0.2, -0.15) is 0 Å². The zero-order valence-corrected chi connectivity index (χ0v) is 15.0. The van der Waals surface area contributed by atoms with Crippen molar-refractivity contribution in [2.75, 3.05) is 0 Å². The number of fused-ring (bicyclic) bond motifs is 2. The van der Waals surface area contributed by atoms with E-state index >= 15 is 0 Å². The molecule has 4 atom stereocenters. The summed E-state index contributed by atoms with van der Waals surface area (Å²) in [7, 11) is 0. The molecule has 0 radical (unpaired) electrons. The summed E-state index contributed by atoms with van der Waals surface area (Å²) in [5.74, 6) is 2.04. The van der Waals surface area contributed by atoms with Gasteiger partial charge in [0.1, 0.15) is 0 Å². The molecule has 0 heterocycles. The lowest BCUT2D eigenvalue weighted by molar-refractivity contribution is -0.124. The molecule has 0 spiro atoms. The molecule has 3 aliphatic carbocycles. The molecule has 1 aromatic carbocycles. The van der Waals surface area contributed by atoms with Crippen LogP contribution in [0.1, 0.15) is 50.0 Å². The predicted octanol–water partition coefficient (Wildman–Crippen LogP) is 3.57. The molecule has 4 heteroatoms. The summed E-state index contributed by atoms with van der Waals surface area (Å²) in [6.45, 7) is 0. The van der Waals surface area contributed by atoms with Gasteiger partial charge in [0.2, 0.25) is 5.91 Å². The van der Waals surface area contributed by atoms with Gasteiger partial charge in [0, 0.05) is 22.5 Å². The van der Waals surface area contributed by atoms with Gasteiger partial charge in [0.05, 0.1) is 0 Å². The average molecular weight is 377 g/mol. The summed E-state index contributed by atoms with van der Waals surface area (Å²) in [6.07, 6.45) is 6.93. The first kappa shape index (κ1) is 15.6. The maximum Gasteiger partial charge on any atom is 0.223 e. The van der Waals surface area contributed by atoms with Crippen LogP contribution in [0.4, 0.5) is 0 Å². The van der Waals surface area contributed by atoms with E-state index < -0.39 is 0 Å². The highest BCUT2D eigenvalue weighted by molar-refractivity contribution is 9.10. The molecule has 2 bridgehead atoms. The van der Waals surface area contributed by atoms with E-state index in [9.17, 15) is 4.79 Å². The third-order valence-corrected chi connectivity index (χ3v) is 6.58. The topological polar surface area (TPSA) is 55.1 Å². The molecule has 3 nitrogen and oxygen atoms in total. The molecular formula is C19H25BrN2O. The summed E-state index contributed by atoms with van der Waals surface area (Å²) in [4.78, 5) is 12.7. The van der Waals surface area contributed by atoms with Crippen LogP contribution in [-0.4, -0.2) is 18.0 Å². The molecule has 1 amide bonds. The Hall–Kier alpha value is -0.870. The Kier molecular flexibility index (Phi) is 4.22. The van der Waals surface area contributed by atoms with Crippen molar-refractivity contribution in [3.63, 3.8) is 0 Å². The Bertz CT molecular complexity index is 591. The van der Waals surface area contributed by atoms with E-state index in [-0.39, 0.29) is 11.8 Å². The van der Waals surface area contributed by atoms with Gasteiger partial charge in [-0.3, -0.25) is 4.79 Å². The second-order valence-electron chi connectivity index (χ2n) is 7.72. The standard InChI is InChI=1S/C19H25BrN2O/c20-14-6-2-3-11(7-14)16-10-17(16)19(23)22-18-12-4-1-5-13(18)9-15(21)8-12/h2-3,6-7,12-13,15-18H,1,4-5,8-10,21H2,(H,22,23). The summed E-state index contributed by atoms with van der Waals surface area (Å²) in [6, 6.07) is 9.09. The van der Waals surface area contributed by atoms with Crippen LogP contribution < -0.4 is 11.1 Å². The van der Waals surface area contributed by atoms with Crippen LogP contribution in [0.5, 0.6) is 0 Å². The Morgan fingerprint density at radius 3 is 2.61 bits per heavy atom. The SMILES string of the molecule is NC1CC2CCCC(C1)C2NC(=O)C1CC1c1cccc(Br)c1. The molecule has 3 fully saturated rings. The lowest BCUT2D eigenvalue weighted by Gasteiger charge is -2.45. The van der Waals surface area contributed by atoms with Crippen molar-refractivity contribution >= 4 is 21.8 Å². The molecule has 124 valence electrons. The van der Waals surface area contributed by atoms with Crippen LogP contribution in [0, 0.1) is 17.8 Å². The highest BCUT2D eigenvalue weighted by Crippen LogP contribution is 2.48. The summed E-state index contributed by atoms with van der Waals surface area (Å²) in [5, 5.41) is 3.41. The number of amides is 1. The van der Waals surface area contributed by atoms with Gasteiger partial charge < -0.3 is 11.1 Å². The van der Waals surface area contributed by atoms with Crippen LogP contribution in [0.3, 0.4) is 0 Å². The van der Waals surface area contributed by atoms with Crippen LogP contribution in [-0.2, 0) is 4.79 Å². The number of benzene rings is 1. The third kappa shape index (κ3) is 3.20. The smallest absolute Gasteiger partial charge is 0.223 e. The maximum atomic E-state index is 12.7. The van der Waals surface area contributed by atoms with Gasteiger partial charge in [-0.15, -0.1) is 0 Å². The molecule has 3 aliphatic rings. The quantitative estimate of drug-likeness (QED) is 0.846. The van der Waals surface area contributed by atoms with E-state index in [0.29, 0.717) is 29.8 Å². The van der Waals surface area contributed by atoms with E-state index in [1.165, 1.54) is 24.8 Å². The van der Waals surface area contributed by atoms with E-state index in [1.807, 2.05) is 6.07 Å². The van der Waals surface area contributed by atoms with Crippen molar-refractivity contribution in [2.24, 2.45) is 23.5 Å². The molecule has 1 aromatic rings. The molecule has 23 heavy (non-hydrogen) atoms. The number of rotatable bonds is 3. The monoisotopic (exact) mass is 376 g/mol. The van der Waals surface area contributed by atoms with E-state index in [2.05, 4.69) is 39.4 Å². The van der Waals surface area contributed by atoms with Gasteiger partial charge in [-0.1, -0.05) is 34.5 Å². The van der Waals surface area contributed by atoms with Crippen molar-refractivity contribution in [2.45, 2.75) is 56.5 Å². The minimum Gasteiger partial charge on any atom is -0.353 e. The van der Waals surface area contributed by atoms with Crippen LogP contribution in [0.15, 0.2) is 28.7 Å². The highest BCUT2D eigenvalue weighted by atomic mass is 79.9. The summed E-state index contributed by atoms with van der Waals surface area (Å²) >= 11 is 3.52. The van der Waals surface area contributed by atoms with E-state index in [4.69, 9.17) is 5.73 Å². The first-order valence-corrected chi connectivity index (χ1v) is 9.72. The first-order valence-electron chi connectivity index (χ1n) is 8.93. The maximum absolute atomic E-state index is 12.7. The number of hydrogen-bond donors (Lipinski definition) is 2. The van der Waals surface area contributed by atoms with Gasteiger partial charge in [-0.05, 0) is 67.6 Å². The number of carbonyl (C=O) groups excluding carboxylic acids is 1. The number of halogens is 1. The molecule has 3 N–H and O–H groups in total. The van der Waals surface area contributed by atoms with Crippen LogP contribution in [0.2, 0.25) is 0 Å². The molecule has 0 aliphatic heterocycles. The minimum atomic E-state index is 0.167. The fraction of sp³-hybridized carbons (Fsp3) is 0.632.